The topological polar surface area (TPSA) is 63.8 Å². The lowest BCUT2D eigenvalue weighted by molar-refractivity contribution is 0.490. The molecule has 0 aliphatic carbocycles. The van der Waals surface area contributed by atoms with Gasteiger partial charge in [-0.1, -0.05) is 0 Å². The fraction of sp³-hybridized carbons (Fsp3) is 0.600. The van der Waals surface area contributed by atoms with Crippen molar-refractivity contribution < 1.29 is 0 Å². The Morgan fingerprint density at radius 3 is 2.47 bits per heavy atom. The second-order valence-corrected chi connectivity index (χ2v) is 4.99. The summed E-state index contributed by atoms with van der Waals surface area (Å²) in [5.74, 6) is 0.664. The zero-order valence-corrected chi connectivity index (χ0v) is 10.3. The van der Waals surface area contributed by atoms with E-state index in [4.69, 9.17) is 5.73 Å². The van der Waals surface area contributed by atoms with Crippen LogP contribution in [0.15, 0.2) is 17.3 Å². The number of rotatable bonds is 5. The average molecular weight is 226 g/mol. The van der Waals surface area contributed by atoms with Gasteiger partial charge in [-0.2, -0.15) is 0 Å². The van der Waals surface area contributed by atoms with E-state index in [0.29, 0.717) is 5.95 Å². The molecule has 0 saturated carbocycles. The van der Waals surface area contributed by atoms with Crippen LogP contribution in [0.25, 0.3) is 0 Å². The molecule has 0 aliphatic heterocycles. The minimum absolute atomic E-state index is 0.147. The van der Waals surface area contributed by atoms with E-state index in [0.717, 1.165) is 17.9 Å². The minimum Gasteiger partial charge on any atom is -0.354 e. The summed E-state index contributed by atoms with van der Waals surface area (Å²) < 4.78 is 0. The van der Waals surface area contributed by atoms with Crippen LogP contribution in [0.4, 0.5) is 5.95 Å². The zero-order valence-electron chi connectivity index (χ0n) is 9.45. The third-order valence-corrected chi connectivity index (χ3v) is 2.60. The highest BCUT2D eigenvalue weighted by Crippen LogP contribution is 2.12. The van der Waals surface area contributed by atoms with E-state index < -0.39 is 0 Å². The molecule has 0 bridgehead atoms. The number of hydrogen-bond acceptors (Lipinski definition) is 5. The molecule has 84 valence electrons. The molecular formula is C10H18N4S. The predicted molar refractivity (Wildman–Crippen MR) is 65.2 cm³/mol. The summed E-state index contributed by atoms with van der Waals surface area (Å²) in [7, 11) is 0. The second kappa shape index (κ2) is 5.32. The molecule has 0 saturated heterocycles. The Morgan fingerprint density at radius 1 is 1.40 bits per heavy atom. The van der Waals surface area contributed by atoms with Crippen LogP contribution in [0, 0.1) is 0 Å². The summed E-state index contributed by atoms with van der Waals surface area (Å²) in [5.41, 5.74) is 5.71. The Kier molecular flexibility index (Phi) is 4.35. The van der Waals surface area contributed by atoms with Crippen LogP contribution >= 0.6 is 11.8 Å². The summed E-state index contributed by atoms with van der Waals surface area (Å²) in [6, 6.07) is 0. The molecular weight excluding hydrogens is 208 g/mol. The molecule has 0 aromatic carbocycles. The molecule has 1 heterocycles. The van der Waals surface area contributed by atoms with Gasteiger partial charge in [-0.15, -0.1) is 11.8 Å². The van der Waals surface area contributed by atoms with Gasteiger partial charge in [0.05, 0.1) is 0 Å². The van der Waals surface area contributed by atoms with Crippen molar-refractivity contribution >= 4 is 17.7 Å². The van der Waals surface area contributed by atoms with Crippen LogP contribution in [0.2, 0.25) is 0 Å². The van der Waals surface area contributed by atoms with Crippen LogP contribution in [0.1, 0.15) is 20.3 Å². The summed E-state index contributed by atoms with van der Waals surface area (Å²) >= 11 is 1.63. The highest BCUT2D eigenvalue weighted by molar-refractivity contribution is 7.98. The molecule has 0 unspecified atom stereocenters. The van der Waals surface area contributed by atoms with Gasteiger partial charge >= 0.3 is 0 Å². The molecule has 5 heteroatoms. The quantitative estimate of drug-likeness (QED) is 0.749. The summed E-state index contributed by atoms with van der Waals surface area (Å²) in [6.07, 6.45) is 6.52. The average Bonchev–Trinajstić information content (AvgIpc) is 2.17. The number of aromatic nitrogens is 2. The van der Waals surface area contributed by atoms with E-state index in [9.17, 15) is 0 Å². The van der Waals surface area contributed by atoms with Crippen LogP contribution in [0.5, 0.6) is 0 Å². The van der Waals surface area contributed by atoms with Crippen molar-refractivity contribution in [2.45, 2.75) is 30.7 Å². The fourth-order valence-corrected chi connectivity index (χ4v) is 1.33. The first kappa shape index (κ1) is 12.3. The van der Waals surface area contributed by atoms with Crippen LogP contribution < -0.4 is 11.1 Å². The van der Waals surface area contributed by atoms with Gasteiger partial charge in [0.2, 0.25) is 5.95 Å². The Morgan fingerprint density at radius 2 is 2.00 bits per heavy atom. The van der Waals surface area contributed by atoms with Crippen LogP contribution in [-0.4, -0.2) is 28.3 Å². The van der Waals surface area contributed by atoms with Crippen molar-refractivity contribution in [3.8, 4) is 0 Å². The Labute approximate surface area is 95.1 Å². The molecule has 3 N–H and O–H groups in total. The van der Waals surface area contributed by atoms with Gasteiger partial charge in [0.1, 0.15) is 0 Å². The Balaban J connectivity index is 2.38. The van der Waals surface area contributed by atoms with Gasteiger partial charge in [0.15, 0.2) is 0 Å². The monoisotopic (exact) mass is 226 g/mol. The molecule has 0 atom stereocenters. The first-order chi connectivity index (χ1) is 7.01. The van der Waals surface area contributed by atoms with Gasteiger partial charge in [0.25, 0.3) is 0 Å². The molecule has 0 radical (unpaired) electrons. The molecule has 0 amide bonds. The maximum absolute atomic E-state index is 5.86. The molecule has 4 nitrogen and oxygen atoms in total. The van der Waals surface area contributed by atoms with Crippen LogP contribution in [-0.2, 0) is 0 Å². The largest absolute Gasteiger partial charge is 0.354 e. The van der Waals surface area contributed by atoms with Gasteiger partial charge in [-0.05, 0) is 26.5 Å². The zero-order chi connectivity index (χ0) is 11.3. The highest BCUT2D eigenvalue weighted by atomic mass is 32.2. The number of nitrogens with one attached hydrogen (secondary N) is 1. The highest BCUT2D eigenvalue weighted by Gasteiger charge is 2.09. The fourth-order valence-electron chi connectivity index (χ4n) is 1.01. The molecule has 15 heavy (non-hydrogen) atoms. The van der Waals surface area contributed by atoms with Gasteiger partial charge < -0.3 is 11.1 Å². The van der Waals surface area contributed by atoms with Gasteiger partial charge in [-0.25, -0.2) is 9.97 Å². The maximum Gasteiger partial charge on any atom is 0.222 e. The van der Waals surface area contributed by atoms with Crippen molar-refractivity contribution in [2.24, 2.45) is 5.73 Å². The summed E-state index contributed by atoms with van der Waals surface area (Å²) in [4.78, 5) is 9.44. The maximum atomic E-state index is 5.86. The lowest BCUT2D eigenvalue weighted by Gasteiger charge is -2.18. The molecule has 1 aromatic heterocycles. The van der Waals surface area contributed by atoms with E-state index in [-0.39, 0.29) is 5.54 Å². The third-order valence-electron chi connectivity index (χ3n) is 1.92. The summed E-state index contributed by atoms with van der Waals surface area (Å²) in [5, 5.41) is 3.14. The van der Waals surface area contributed by atoms with Crippen molar-refractivity contribution in [3.05, 3.63) is 12.4 Å². The molecule has 0 aliphatic rings. The second-order valence-electron chi connectivity index (χ2n) is 4.11. The normalized spacial score (nSPS) is 11.5. The predicted octanol–water partition coefficient (Wildman–Crippen LogP) is 1.74. The summed E-state index contributed by atoms with van der Waals surface area (Å²) in [6.45, 7) is 4.81. The van der Waals surface area contributed by atoms with Crippen molar-refractivity contribution in [1.82, 2.24) is 9.97 Å². The molecule has 0 spiro atoms. The van der Waals surface area contributed by atoms with Crippen molar-refractivity contribution in [3.63, 3.8) is 0 Å². The molecule has 0 fully saturated rings. The Hall–Kier alpha value is -0.810. The smallest absolute Gasteiger partial charge is 0.222 e. The first-order valence-corrected chi connectivity index (χ1v) is 6.12. The van der Waals surface area contributed by atoms with Gasteiger partial charge in [-0.3, -0.25) is 0 Å². The standard InChI is InChI=1S/C10H18N4S/c1-10(2,11)4-5-12-9-13-6-8(15-3)7-14-9/h6-7H,4-5,11H2,1-3H3,(H,12,13,14). The van der Waals surface area contributed by atoms with E-state index in [1.165, 1.54) is 0 Å². The van der Waals surface area contributed by atoms with E-state index in [1.807, 2.05) is 32.5 Å². The van der Waals surface area contributed by atoms with E-state index in [1.54, 1.807) is 11.8 Å². The van der Waals surface area contributed by atoms with E-state index in [2.05, 4.69) is 15.3 Å². The van der Waals surface area contributed by atoms with E-state index >= 15 is 0 Å². The van der Waals surface area contributed by atoms with Gasteiger partial charge in [0, 0.05) is 29.4 Å². The molecule has 1 rings (SSSR count). The lowest BCUT2D eigenvalue weighted by Crippen LogP contribution is -2.34. The number of thioether (sulfide) groups is 1. The minimum atomic E-state index is -0.147. The SMILES string of the molecule is CSc1cnc(NCCC(C)(C)N)nc1. The molecule has 1 aromatic rings. The van der Waals surface area contributed by atoms with Crippen molar-refractivity contribution in [1.29, 1.82) is 0 Å². The number of anilines is 1. The van der Waals surface area contributed by atoms with Crippen molar-refractivity contribution in [2.75, 3.05) is 18.1 Å². The number of nitrogens with two attached hydrogens (primary N) is 1. The lowest BCUT2D eigenvalue weighted by atomic mass is 10.0. The Bertz CT molecular complexity index is 291. The number of hydrogen-bond donors (Lipinski definition) is 2. The third kappa shape index (κ3) is 4.99. The number of nitrogens with zero attached hydrogens (tertiary/aromatic N) is 2. The van der Waals surface area contributed by atoms with Crippen LogP contribution in [0.3, 0.4) is 0 Å². The first-order valence-electron chi connectivity index (χ1n) is 4.90.